The van der Waals surface area contributed by atoms with Gasteiger partial charge in [-0.05, 0) is 12.5 Å². The molecular formula is C11H15FN2O6S. The van der Waals surface area contributed by atoms with Crippen molar-refractivity contribution in [2.45, 2.75) is 17.4 Å². The van der Waals surface area contributed by atoms with Gasteiger partial charge in [-0.2, -0.15) is 0 Å². The molecular weight excluding hydrogens is 307 g/mol. The standard InChI is InChI=1S/C11H15FN2O6S/c1-20-7-8(4-5-15)13-21(18,19)11-6-9(14(16)17)2-3-10(11)12/h2-3,6,8,13,15H,4-5,7H2,1H3. The molecule has 0 saturated carbocycles. The summed E-state index contributed by atoms with van der Waals surface area (Å²) in [6.07, 6.45) is 0.0591. The maximum Gasteiger partial charge on any atom is 0.270 e. The number of hydrogen-bond acceptors (Lipinski definition) is 6. The van der Waals surface area contributed by atoms with Gasteiger partial charge in [0.1, 0.15) is 10.7 Å². The van der Waals surface area contributed by atoms with Gasteiger partial charge in [0.05, 0.1) is 11.5 Å². The lowest BCUT2D eigenvalue weighted by Crippen LogP contribution is -2.39. The monoisotopic (exact) mass is 322 g/mol. The highest BCUT2D eigenvalue weighted by Gasteiger charge is 2.25. The zero-order valence-electron chi connectivity index (χ0n) is 11.2. The van der Waals surface area contributed by atoms with E-state index in [4.69, 9.17) is 9.84 Å². The van der Waals surface area contributed by atoms with E-state index in [2.05, 4.69) is 4.72 Å². The number of aliphatic hydroxyl groups excluding tert-OH is 1. The summed E-state index contributed by atoms with van der Waals surface area (Å²) in [5, 5.41) is 19.5. The second-order valence-electron chi connectivity index (χ2n) is 4.16. The molecule has 10 heteroatoms. The third-order valence-corrected chi connectivity index (χ3v) is 4.12. The lowest BCUT2D eigenvalue weighted by molar-refractivity contribution is -0.385. The summed E-state index contributed by atoms with van der Waals surface area (Å²) >= 11 is 0. The Kier molecular flexibility index (Phi) is 6.15. The Balaban J connectivity index is 3.11. The van der Waals surface area contributed by atoms with Crippen LogP contribution in [0.4, 0.5) is 10.1 Å². The van der Waals surface area contributed by atoms with Gasteiger partial charge in [-0.15, -0.1) is 0 Å². The van der Waals surface area contributed by atoms with E-state index >= 15 is 0 Å². The third kappa shape index (κ3) is 4.70. The fourth-order valence-corrected chi connectivity index (χ4v) is 2.98. The van der Waals surface area contributed by atoms with Crippen LogP contribution in [0.25, 0.3) is 0 Å². The van der Waals surface area contributed by atoms with Gasteiger partial charge in [0.15, 0.2) is 0 Å². The number of benzene rings is 1. The molecule has 0 amide bonds. The topological polar surface area (TPSA) is 119 Å². The lowest BCUT2D eigenvalue weighted by atomic mass is 10.2. The molecule has 0 saturated heterocycles. The third-order valence-electron chi connectivity index (χ3n) is 2.58. The Morgan fingerprint density at radius 3 is 2.71 bits per heavy atom. The fraction of sp³-hybridized carbons (Fsp3) is 0.455. The Morgan fingerprint density at radius 1 is 1.52 bits per heavy atom. The molecule has 1 aromatic carbocycles. The van der Waals surface area contributed by atoms with Crippen molar-refractivity contribution in [2.75, 3.05) is 20.3 Å². The van der Waals surface area contributed by atoms with E-state index in [0.717, 1.165) is 6.07 Å². The van der Waals surface area contributed by atoms with E-state index in [1.807, 2.05) is 0 Å². The summed E-state index contributed by atoms with van der Waals surface area (Å²) in [6.45, 7) is -0.329. The number of nitrogens with zero attached hydrogens (tertiary/aromatic N) is 1. The maximum atomic E-state index is 13.6. The van der Waals surface area contributed by atoms with Crippen LogP contribution >= 0.6 is 0 Å². The number of nitro groups is 1. The van der Waals surface area contributed by atoms with Crippen LogP contribution in [0.3, 0.4) is 0 Å². The van der Waals surface area contributed by atoms with Crippen LogP contribution in [0.1, 0.15) is 6.42 Å². The van der Waals surface area contributed by atoms with Gasteiger partial charge in [0.2, 0.25) is 10.0 Å². The number of sulfonamides is 1. The first-order valence-electron chi connectivity index (χ1n) is 5.88. The van der Waals surface area contributed by atoms with Crippen molar-refractivity contribution in [1.82, 2.24) is 4.72 Å². The molecule has 0 aliphatic heterocycles. The molecule has 0 aliphatic rings. The lowest BCUT2D eigenvalue weighted by Gasteiger charge is -2.17. The molecule has 2 N–H and O–H groups in total. The molecule has 0 aliphatic carbocycles. The average molecular weight is 322 g/mol. The average Bonchev–Trinajstić information content (AvgIpc) is 2.38. The summed E-state index contributed by atoms with van der Waals surface area (Å²) in [7, 11) is -2.97. The highest BCUT2D eigenvalue weighted by molar-refractivity contribution is 7.89. The SMILES string of the molecule is COCC(CCO)NS(=O)(=O)c1cc([N+](=O)[O-])ccc1F. The maximum absolute atomic E-state index is 13.6. The highest BCUT2D eigenvalue weighted by atomic mass is 32.2. The van der Waals surface area contributed by atoms with Crippen LogP contribution in [0.15, 0.2) is 23.1 Å². The Morgan fingerprint density at radius 2 is 2.19 bits per heavy atom. The molecule has 0 spiro atoms. The number of rotatable bonds is 8. The predicted octanol–water partition coefficient (Wildman–Crippen LogP) is 0.410. The zero-order valence-corrected chi connectivity index (χ0v) is 12.0. The van der Waals surface area contributed by atoms with Crippen molar-refractivity contribution in [1.29, 1.82) is 0 Å². The zero-order chi connectivity index (χ0) is 16.0. The van der Waals surface area contributed by atoms with Crippen molar-refractivity contribution in [3.05, 3.63) is 34.1 Å². The summed E-state index contributed by atoms with van der Waals surface area (Å²) in [6, 6.07) is 1.45. The molecule has 0 radical (unpaired) electrons. The van der Waals surface area contributed by atoms with Crippen LogP contribution in [0.2, 0.25) is 0 Å². The number of nitrogens with one attached hydrogen (secondary N) is 1. The van der Waals surface area contributed by atoms with E-state index in [0.29, 0.717) is 12.1 Å². The number of halogens is 1. The molecule has 0 bridgehead atoms. The van der Waals surface area contributed by atoms with Gasteiger partial charge in [0.25, 0.3) is 5.69 Å². The molecule has 1 atom stereocenters. The van der Waals surface area contributed by atoms with Crippen LogP contribution in [-0.4, -0.2) is 44.8 Å². The van der Waals surface area contributed by atoms with Gasteiger partial charge in [-0.3, -0.25) is 10.1 Å². The molecule has 1 aromatic rings. The second kappa shape index (κ2) is 7.41. The van der Waals surface area contributed by atoms with Crippen molar-refractivity contribution in [3.63, 3.8) is 0 Å². The molecule has 0 heterocycles. The number of non-ortho nitro benzene ring substituents is 1. The number of hydrogen-bond donors (Lipinski definition) is 2. The summed E-state index contributed by atoms with van der Waals surface area (Å²) in [4.78, 5) is 8.99. The molecule has 1 unspecified atom stereocenters. The van der Waals surface area contributed by atoms with Crippen LogP contribution in [0, 0.1) is 15.9 Å². The minimum Gasteiger partial charge on any atom is -0.396 e. The number of aliphatic hydroxyl groups is 1. The predicted molar refractivity (Wildman–Crippen MR) is 70.7 cm³/mol. The van der Waals surface area contributed by atoms with Crippen molar-refractivity contribution < 1.29 is 27.6 Å². The highest BCUT2D eigenvalue weighted by Crippen LogP contribution is 2.21. The molecule has 118 valence electrons. The molecule has 0 fully saturated rings. The first kappa shape index (κ1) is 17.4. The van der Waals surface area contributed by atoms with Crippen molar-refractivity contribution in [3.8, 4) is 0 Å². The molecule has 1 rings (SSSR count). The summed E-state index contributed by atoms with van der Waals surface area (Å²) < 4.78 is 44.7. The van der Waals surface area contributed by atoms with E-state index in [-0.39, 0.29) is 19.6 Å². The Labute approximate surface area is 120 Å². The normalized spacial score (nSPS) is 13.1. The first-order chi connectivity index (χ1) is 9.81. The Bertz CT molecular complexity index is 601. The van der Waals surface area contributed by atoms with Crippen LogP contribution in [0.5, 0.6) is 0 Å². The minimum atomic E-state index is -4.31. The van der Waals surface area contributed by atoms with Gasteiger partial charge in [0, 0.05) is 31.9 Å². The van der Waals surface area contributed by atoms with E-state index < -0.39 is 37.4 Å². The largest absolute Gasteiger partial charge is 0.396 e. The molecule has 0 aromatic heterocycles. The Hall–Kier alpha value is -1.62. The quantitative estimate of drug-likeness (QED) is 0.528. The molecule has 21 heavy (non-hydrogen) atoms. The number of nitro benzene ring substituents is 1. The summed E-state index contributed by atoms with van der Waals surface area (Å²) in [5.74, 6) is -1.10. The number of ether oxygens (including phenoxy) is 1. The van der Waals surface area contributed by atoms with Crippen molar-refractivity contribution >= 4 is 15.7 Å². The van der Waals surface area contributed by atoms with Crippen LogP contribution in [-0.2, 0) is 14.8 Å². The fourth-order valence-electron chi connectivity index (χ4n) is 1.63. The van der Waals surface area contributed by atoms with Gasteiger partial charge >= 0.3 is 0 Å². The number of methoxy groups -OCH3 is 1. The smallest absolute Gasteiger partial charge is 0.270 e. The van der Waals surface area contributed by atoms with Crippen molar-refractivity contribution in [2.24, 2.45) is 0 Å². The van der Waals surface area contributed by atoms with Gasteiger partial charge in [-0.1, -0.05) is 0 Å². The van der Waals surface area contributed by atoms with Gasteiger partial charge < -0.3 is 9.84 Å². The summed E-state index contributed by atoms with van der Waals surface area (Å²) in [5.41, 5.74) is -0.540. The van der Waals surface area contributed by atoms with E-state index in [1.54, 1.807) is 0 Å². The molecule has 8 nitrogen and oxygen atoms in total. The van der Waals surface area contributed by atoms with Crippen LogP contribution < -0.4 is 4.72 Å². The van der Waals surface area contributed by atoms with Gasteiger partial charge in [-0.25, -0.2) is 17.5 Å². The van der Waals surface area contributed by atoms with E-state index in [1.165, 1.54) is 7.11 Å². The van der Waals surface area contributed by atoms with E-state index in [9.17, 15) is 22.9 Å². The minimum absolute atomic E-state index is 0.0314. The first-order valence-corrected chi connectivity index (χ1v) is 7.36. The second-order valence-corrected chi connectivity index (χ2v) is 5.84.